The van der Waals surface area contributed by atoms with Crippen LogP contribution in [0.3, 0.4) is 0 Å². The molecule has 0 saturated carbocycles. The fraction of sp³-hybridized carbons (Fsp3) is 0.167. The molecule has 1 N–H and O–H groups in total. The highest BCUT2D eigenvalue weighted by Gasteiger charge is 2.18. The van der Waals surface area contributed by atoms with E-state index in [1.165, 1.54) is 7.11 Å². The van der Waals surface area contributed by atoms with Crippen molar-refractivity contribution in [3.63, 3.8) is 0 Å². The molecule has 2 aromatic rings. The smallest absolute Gasteiger partial charge is 0.336 e. The largest absolute Gasteiger partial charge is 0.489 e. The Morgan fingerprint density at radius 1 is 1.14 bits per heavy atom. The number of esters is 1. The van der Waals surface area contributed by atoms with Gasteiger partial charge in [0.25, 0.3) is 0 Å². The van der Waals surface area contributed by atoms with Gasteiger partial charge in [-0.2, -0.15) is 0 Å². The molecule has 0 aliphatic heterocycles. The van der Waals surface area contributed by atoms with Crippen molar-refractivity contribution in [2.45, 2.75) is 12.7 Å². The summed E-state index contributed by atoms with van der Waals surface area (Å²) in [5.74, 6) is 0.0559. The summed E-state index contributed by atoms with van der Waals surface area (Å²) in [6.07, 6.45) is -1.09. The van der Waals surface area contributed by atoms with E-state index in [4.69, 9.17) is 4.74 Å². The molecule has 0 heterocycles. The summed E-state index contributed by atoms with van der Waals surface area (Å²) in [6, 6.07) is 16.7. The molecule has 22 heavy (non-hydrogen) atoms. The molecule has 0 radical (unpaired) electrons. The molecule has 0 aromatic heterocycles. The van der Waals surface area contributed by atoms with Crippen molar-refractivity contribution < 1.29 is 19.4 Å². The highest BCUT2D eigenvalue weighted by atomic mass is 16.5. The maximum atomic E-state index is 11.3. The van der Waals surface area contributed by atoms with Crippen molar-refractivity contribution in [2.24, 2.45) is 0 Å². The van der Waals surface area contributed by atoms with Crippen molar-refractivity contribution in [2.75, 3.05) is 7.11 Å². The maximum Gasteiger partial charge on any atom is 0.336 e. The topological polar surface area (TPSA) is 55.8 Å². The third kappa shape index (κ3) is 3.96. The summed E-state index contributed by atoms with van der Waals surface area (Å²) >= 11 is 0. The lowest BCUT2D eigenvalue weighted by Crippen LogP contribution is -2.11. The number of benzene rings is 2. The molecular formula is C18H18O4. The van der Waals surface area contributed by atoms with E-state index < -0.39 is 12.1 Å². The summed E-state index contributed by atoms with van der Waals surface area (Å²) in [6.45, 7) is 4.01. The van der Waals surface area contributed by atoms with Gasteiger partial charge in [-0.3, -0.25) is 0 Å². The minimum Gasteiger partial charge on any atom is -0.489 e. The number of aliphatic hydroxyl groups excluding tert-OH is 1. The zero-order valence-corrected chi connectivity index (χ0v) is 12.4. The van der Waals surface area contributed by atoms with E-state index in [0.717, 1.165) is 5.56 Å². The Balaban J connectivity index is 1.98. The Bertz CT molecular complexity index is 632. The van der Waals surface area contributed by atoms with Crippen LogP contribution in [0.4, 0.5) is 0 Å². The monoisotopic (exact) mass is 298 g/mol. The highest BCUT2D eigenvalue weighted by molar-refractivity contribution is 5.88. The number of methoxy groups -OCH3 is 1. The summed E-state index contributed by atoms with van der Waals surface area (Å²) < 4.78 is 10.2. The van der Waals surface area contributed by atoms with Crippen molar-refractivity contribution in [1.82, 2.24) is 0 Å². The van der Waals surface area contributed by atoms with Gasteiger partial charge in [-0.15, -0.1) is 0 Å². The molecule has 0 amide bonds. The minimum atomic E-state index is -1.09. The van der Waals surface area contributed by atoms with Crippen molar-refractivity contribution in [1.29, 1.82) is 0 Å². The van der Waals surface area contributed by atoms with Gasteiger partial charge in [0, 0.05) is 0 Å². The van der Waals surface area contributed by atoms with Crippen molar-refractivity contribution >= 4 is 5.97 Å². The van der Waals surface area contributed by atoms with Crippen molar-refractivity contribution in [3.8, 4) is 5.75 Å². The first-order valence-corrected chi connectivity index (χ1v) is 6.83. The van der Waals surface area contributed by atoms with E-state index in [9.17, 15) is 9.90 Å². The second-order valence-electron chi connectivity index (χ2n) is 4.76. The quantitative estimate of drug-likeness (QED) is 0.658. The molecule has 2 rings (SSSR count). The van der Waals surface area contributed by atoms with Gasteiger partial charge < -0.3 is 14.6 Å². The second kappa shape index (κ2) is 7.43. The number of rotatable bonds is 6. The average molecular weight is 298 g/mol. The SMILES string of the molecule is C=C(C(=O)OC)C(O)c1ccc(OCc2ccccc2)cc1. The van der Waals surface area contributed by atoms with Gasteiger partial charge in [0.15, 0.2) is 0 Å². The summed E-state index contributed by atoms with van der Waals surface area (Å²) in [5, 5.41) is 10.0. The first-order chi connectivity index (χ1) is 10.6. The van der Waals surface area contributed by atoms with E-state index in [1.54, 1.807) is 24.3 Å². The van der Waals surface area contributed by atoms with E-state index in [2.05, 4.69) is 11.3 Å². The molecule has 2 aromatic carbocycles. The third-order valence-corrected chi connectivity index (χ3v) is 3.22. The molecule has 0 spiro atoms. The predicted octanol–water partition coefficient (Wildman–Crippen LogP) is 3.03. The van der Waals surface area contributed by atoms with E-state index in [1.807, 2.05) is 30.3 Å². The third-order valence-electron chi connectivity index (χ3n) is 3.22. The molecule has 1 unspecified atom stereocenters. The van der Waals surface area contributed by atoms with Crippen molar-refractivity contribution in [3.05, 3.63) is 77.9 Å². The predicted molar refractivity (Wildman–Crippen MR) is 83.3 cm³/mol. The van der Waals surface area contributed by atoms with E-state index in [0.29, 0.717) is 17.9 Å². The lowest BCUT2D eigenvalue weighted by Gasteiger charge is -2.13. The molecular weight excluding hydrogens is 280 g/mol. The number of carbonyl (C=O) groups is 1. The lowest BCUT2D eigenvalue weighted by molar-refractivity contribution is -0.137. The summed E-state index contributed by atoms with van der Waals surface area (Å²) in [5.41, 5.74) is 1.63. The van der Waals surface area contributed by atoms with Gasteiger partial charge in [0.2, 0.25) is 0 Å². The number of ether oxygens (including phenoxy) is 2. The minimum absolute atomic E-state index is 0.000420. The Morgan fingerprint density at radius 3 is 2.36 bits per heavy atom. The van der Waals surface area contributed by atoms with Crippen LogP contribution in [-0.4, -0.2) is 18.2 Å². The maximum absolute atomic E-state index is 11.3. The molecule has 1 atom stereocenters. The Morgan fingerprint density at radius 2 is 1.77 bits per heavy atom. The Labute approximate surface area is 129 Å². The van der Waals surface area contributed by atoms with Crippen LogP contribution in [0.2, 0.25) is 0 Å². The zero-order chi connectivity index (χ0) is 15.9. The first-order valence-electron chi connectivity index (χ1n) is 6.83. The lowest BCUT2D eigenvalue weighted by atomic mass is 10.0. The molecule has 0 aliphatic carbocycles. The number of hydrogen-bond acceptors (Lipinski definition) is 4. The van der Waals surface area contributed by atoms with Gasteiger partial charge >= 0.3 is 5.97 Å². The van der Waals surface area contributed by atoms with Crippen LogP contribution < -0.4 is 4.74 Å². The van der Waals surface area contributed by atoms with Crippen LogP contribution >= 0.6 is 0 Å². The second-order valence-corrected chi connectivity index (χ2v) is 4.76. The fourth-order valence-electron chi connectivity index (χ4n) is 1.93. The summed E-state index contributed by atoms with van der Waals surface area (Å²) in [4.78, 5) is 11.3. The molecule has 0 saturated heterocycles. The average Bonchev–Trinajstić information content (AvgIpc) is 2.59. The summed E-state index contributed by atoms with van der Waals surface area (Å²) in [7, 11) is 1.25. The standard InChI is InChI=1S/C18H18O4/c1-13(18(20)21-2)17(19)15-8-10-16(11-9-15)22-12-14-6-4-3-5-7-14/h3-11,17,19H,1,12H2,2H3. The molecule has 0 fully saturated rings. The molecule has 4 heteroatoms. The van der Waals surface area contributed by atoms with E-state index in [-0.39, 0.29) is 5.57 Å². The Kier molecular flexibility index (Phi) is 5.33. The van der Waals surface area contributed by atoms with E-state index >= 15 is 0 Å². The molecule has 0 bridgehead atoms. The van der Waals surface area contributed by atoms with Gasteiger partial charge in [0.1, 0.15) is 18.5 Å². The fourth-order valence-corrected chi connectivity index (χ4v) is 1.93. The van der Waals surface area contributed by atoms with Gasteiger partial charge in [-0.1, -0.05) is 49.0 Å². The van der Waals surface area contributed by atoms with Gasteiger partial charge in [-0.25, -0.2) is 4.79 Å². The number of aliphatic hydroxyl groups is 1. The van der Waals surface area contributed by atoms with Gasteiger partial charge in [-0.05, 0) is 23.3 Å². The molecule has 4 nitrogen and oxygen atoms in total. The van der Waals surface area contributed by atoms with Crippen LogP contribution in [-0.2, 0) is 16.1 Å². The molecule has 0 aliphatic rings. The first kappa shape index (κ1) is 15.8. The van der Waals surface area contributed by atoms with Crippen LogP contribution in [0.5, 0.6) is 5.75 Å². The van der Waals surface area contributed by atoms with Crippen LogP contribution in [0.15, 0.2) is 66.7 Å². The highest BCUT2D eigenvalue weighted by Crippen LogP contribution is 2.23. The van der Waals surface area contributed by atoms with Gasteiger partial charge in [0.05, 0.1) is 12.7 Å². The van der Waals surface area contributed by atoms with Crippen LogP contribution in [0.25, 0.3) is 0 Å². The van der Waals surface area contributed by atoms with Crippen LogP contribution in [0, 0.1) is 0 Å². The normalized spacial score (nSPS) is 11.5. The van der Waals surface area contributed by atoms with Crippen LogP contribution in [0.1, 0.15) is 17.2 Å². The zero-order valence-electron chi connectivity index (χ0n) is 12.4. The Hall–Kier alpha value is -2.59. The number of hydrogen-bond donors (Lipinski definition) is 1. The number of carbonyl (C=O) groups excluding carboxylic acids is 1. The molecule has 114 valence electrons.